The summed E-state index contributed by atoms with van der Waals surface area (Å²) >= 11 is 0. The fourth-order valence-electron chi connectivity index (χ4n) is 1.60. The van der Waals surface area contributed by atoms with Gasteiger partial charge in [-0.1, -0.05) is 39.8 Å². The lowest BCUT2D eigenvalue weighted by molar-refractivity contribution is 0.815. The lowest BCUT2D eigenvalue weighted by atomic mass is 10.1. The second-order valence-electron chi connectivity index (χ2n) is 5.27. The van der Waals surface area contributed by atoms with Gasteiger partial charge in [-0.3, -0.25) is 9.97 Å². The lowest BCUT2D eigenvalue weighted by Gasteiger charge is -2.03. The number of hydrogen-bond acceptors (Lipinski definition) is 2. The largest absolute Gasteiger partial charge is 0.261 e. The fraction of sp³-hybridized carbons (Fsp3) is 0.412. The third-order valence-corrected chi connectivity index (χ3v) is 2.78. The monoisotopic (exact) mass is 256 g/mol. The van der Waals surface area contributed by atoms with E-state index in [4.69, 9.17) is 0 Å². The molecule has 0 aliphatic heterocycles. The highest BCUT2D eigenvalue weighted by molar-refractivity contribution is 5.12. The summed E-state index contributed by atoms with van der Waals surface area (Å²) in [6.07, 6.45) is 1.83. The number of hydrogen-bond donors (Lipinski definition) is 0. The van der Waals surface area contributed by atoms with Crippen LogP contribution in [0.3, 0.4) is 0 Å². The highest BCUT2D eigenvalue weighted by Gasteiger charge is 1.98. The molecule has 2 aromatic heterocycles. The van der Waals surface area contributed by atoms with E-state index in [1.54, 1.807) is 0 Å². The predicted molar refractivity (Wildman–Crippen MR) is 81.4 cm³/mol. The number of nitrogens with zero attached hydrogens (tertiary/aromatic N) is 2. The van der Waals surface area contributed by atoms with Gasteiger partial charge in [0.25, 0.3) is 0 Å². The molecule has 2 heteroatoms. The molecule has 2 aromatic rings. The van der Waals surface area contributed by atoms with Crippen LogP contribution >= 0.6 is 0 Å². The van der Waals surface area contributed by atoms with Crippen molar-refractivity contribution in [3.8, 4) is 0 Å². The van der Waals surface area contributed by atoms with Crippen molar-refractivity contribution in [3.63, 3.8) is 0 Å². The summed E-state index contributed by atoms with van der Waals surface area (Å²) in [6, 6.07) is 12.1. The third-order valence-electron chi connectivity index (χ3n) is 2.78. The van der Waals surface area contributed by atoms with E-state index in [-0.39, 0.29) is 0 Å². The molecule has 0 aromatic carbocycles. The van der Waals surface area contributed by atoms with Gasteiger partial charge in [-0.2, -0.15) is 0 Å². The first-order valence-corrected chi connectivity index (χ1v) is 6.85. The minimum Gasteiger partial charge on any atom is -0.261 e. The molecule has 0 bridgehead atoms. The summed E-state index contributed by atoms with van der Waals surface area (Å²) < 4.78 is 0. The van der Waals surface area contributed by atoms with E-state index in [9.17, 15) is 0 Å². The zero-order valence-corrected chi connectivity index (χ0v) is 12.6. The Labute approximate surface area is 116 Å². The Hall–Kier alpha value is -1.70. The molecule has 2 heterocycles. The van der Waals surface area contributed by atoms with Crippen LogP contribution in [0.1, 0.15) is 56.6 Å². The average molecular weight is 256 g/mol. The van der Waals surface area contributed by atoms with Gasteiger partial charge in [0.1, 0.15) is 0 Å². The van der Waals surface area contributed by atoms with Crippen LogP contribution in [0.2, 0.25) is 0 Å². The molecule has 0 amide bonds. The molecule has 0 unspecified atom stereocenters. The molecule has 102 valence electrons. The second kappa shape index (κ2) is 7.67. The van der Waals surface area contributed by atoms with Crippen LogP contribution in [0.25, 0.3) is 0 Å². The molecule has 0 saturated heterocycles. The van der Waals surface area contributed by atoms with Gasteiger partial charge in [-0.25, -0.2) is 0 Å². The first kappa shape index (κ1) is 15.4. The minimum absolute atomic E-state index is 0.542. The summed E-state index contributed by atoms with van der Waals surface area (Å²) in [6.45, 7) is 10.6. The molecule has 0 saturated carbocycles. The number of pyridine rings is 2. The van der Waals surface area contributed by atoms with Crippen LogP contribution in [0, 0.1) is 6.92 Å². The molecule has 2 rings (SSSR count). The van der Waals surface area contributed by atoms with Crippen LogP contribution in [-0.2, 0) is 0 Å². The molecule has 0 aliphatic carbocycles. The van der Waals surface area contributed by atoms with Crippen LogP contribution in [0.4, 0.5) is 0 Å². The Morgan fingerprint density at radius 1 is 0.789 bits per heavy atom. The van der Waals surface area contributed by atoms with Crippen molar-refractivity contribution in [3.05, 3.63) is 59.7 Å². The van der Waals surface area contributed by atoms with Gasteiger partial charge >= 0.3 is 0 Å². The van der Waals surface area contributed by atoms with Gasteiger partial charge in [-0.15, -0.1) is 0 Å². The fourth-order valence-corrected chi connectivity index (χ4v) is 1.60. The maximum absolute atomic E-state index is 4.37. The maximum Gasteiger partial charge on any atom is 0.0432 e. The van der Waals surface area contributed by atoms with Crippen molar-refractivity contribution < 1.29 is 0 Å². The third kappa shape index (κ3) is 5.64. The van der Waals surface area contributed by atoms with E-state index in [1.165, 1.54) is 5.69 Å². The molecule has 0 fully saturated rings. The van der Waals surface area contributed by atoms with Gasteiger partial charge in [-0.05, 0) is 43.0 Å². The van der Waals surface area contributed by atoms with E-state index in [0.717, 1.165) is 11.4 Å². The van der Waals surface area contributed by atoms with Crippen molar-refractivity contribution in [1.82, 2.24) is 9.97 Å². The Morgan fingerprint density at radius 2 is 1.42 bits per heavy atom. The zero-order valence-electron chi connectivity index (χ0n) is 12.6. The first-order valence-electron chi connectivity index (χ1n) is 6.85. The normalized spacial score (nSPS) is 10.3. The van der Waals surface area contributed by atoms with Crippen LogP contribution in [0.15, 0.2) is 42.6 Å². The number of aryl methyl sites for hydroxylation is 1. The Balaban J connectivity index is 0.000000191. The van der Waals surface area contributed by atoms with E-state index >= 15 is 0 Å². The van der Waals surface area contributed by atoms with Crippen LogP contribution in [0.5, 0.6) is 0 Å². The molecule has 0 atom stereocenters. The number of aromatic nitrogens is 2. The van der Waals surface area contributed by atoms with Gasteiger partial charge < -0.3 is 0 Å². The standard InChI is InChI=1S/C9H13N.C8H11N/c1-7(2)9-6-4-5-8(3)10-9;1-7(2)8-5-3-4-6-9-8/h4-7H,1-3H3;3-7H,1-2H3. The summed E-state index contributed by atoms with van der Waals surface area (Å²) in [4.78, 5) is 8.55. The minimum atomic E-state index is 0.542. The topological polar surface area (TPSA) is 25.8 Å². The van der Waals surface area contributed by atoms with Crippen molar-refractivity contribution in [2.45, 2.75) is 46.5 Å². The quantitative estimate of drug-likeness (QED) is 0.777. The molecule has 0 radical (unpaired) electrons. The van der Waals surface area contributed by atoms with E-state index in [1.807, 2.05) is 37.4 Å². The molecule has 19 heavy (non-hydrogen) atoms. The van der Waals surface area contributed by atoms with Crippen molar-refractivity contribution in [1.29, 1.82) is 0 Å². The summed E-state index contributed by atoms with van der Waals surface area (Å²) in [5.41, 5.74) is 3.45. The maximum atomic E-state index is 4.37. The van der Waals surface area contributed by atoms with Gasteiger partial charge in [0.05, 0.1) is 0 Å². The van der Waals surface area contributed by atoms with E-state index in [2.05, 4.69) is 49.8 Å². The van der Waals surface area contributed by atoms with Crippen molar-refractivity contribution in [2.75, 3.05) is 0 Å². The SMILES string of the molecule is CC(C)c1ccccn1.Cc1cccc(C(C)C)n1. The van der Waals surface area contributed by atoms with E-state index < -0.39 is 0 Å². The molecule has 2 nitrogen and oxygen atoms in total. The summed E-state index contributed by atoms with van der Waals surface area (Å²) in [7, 11) is 0. The van der Waals surface area contributed by atoms with Gasteiger partial charge in [0.2, 0.25) is 0 Å². The average Bonchev–Trinajstić information content (AvgIpc) is 2.40. The van der Waals surface area contributed by atoms with Crippen molar-refractivity contribution in [2.24, 2.45) is 0 Å². The molecular weight excluding hydrogens is 232 g/mol. The predicted octanol–water partition coefficient (Wildman–Crippen LogP) is 4.72. The van der Waals surface area contributed by atoms with Crippen LogP contribution in [-0.4, -0.2) is 9.97 Å². The highest BCUT2D eigenvalue weighted by atomic mass is 14.7. The summed E-state index contributed by atoms with van der Waals surface area (Å²) in [5.74, 6) is 1.09. The Kier molecular flexibility index (Phi) is 6.20. The lowest BCUT2D eigenvalue weighted by Crippen LogP contribution is -1.92. The first-order chi connectivity index (χ1) is 9.00. The molecule has 0 spiro atoms. The molecule has 0 N–H and O–H groups in total. The highest BCUT2D eigenvalue weighted by Crippen LogP contribution is 2.10. The van der Waals surface area contributed by atoms with Crippen molar-refractivity contribution >= 4 is 0 Å². The second-order valence-corrected chi connectivity index (χ2v) is 5.27. The molecule has 0 aliphatic rings. The van der Waals surface area contributed by atoms with Gasteiger partial charge in [0, 0.05) is 23.3 Å². The number of rotatable bonds is 2. The zero-order chi connectivity index (χ0) is 14.3. The van der Waals surface area contributed by atoms with Gasteiger partial charge in [0.15, 0.2) is 0 Å². The molecular formula is C17H24N2. The van der Waals surface area contributed by atoms with E-state index in [0.29, 0.717) is 11.8 Å². The van der Waals surface area contributed by atoms with Crippen LogP contribution < -0.4 is 0 Å². The smallest absolute Gasteiger partial charge is 0.0432 e. The Morgan fingerprint density at radius 3 is 1.79 bits per heavy atom. The summed E-state index contributed by atoms with van der Waals surface area (Å²) in [5, 5.41) is 0. The Bertz CT molecular complexity index is 476.